The molecule has 3 rings (SSSR count). The van der Waals surface area contributed by atoms with Crippen molar-refractivity contribution in [3.63, 3.8) is 0 Å². The van der Waals surface area contributed by atoms with Crippen LogP contribution in [0.3, 0.4) is 0 Å². The quantitative estimate of drug-likeness (QED) is 0.320. The van der Waals surface area contributed by atoms with Crippen molar-refractivity contribution < 1.29 is 14.5 Å². The molecule has 8 nitrogen and oxygen atoms in total. The molecule has 0 radical (unpaired) electrons. The largest absolute Gasteiger partial charge is 0.350 e. The second-order valence-electron chi connectivity index (χ2n) is 6.75. The minimum absolute atomic E-state index is 0.00507. The number of carbonyl (C=O) groups is 2. The van der Waals surface area contributed by atoms with E-state index in [2.05, 4.69) is 15.6 Å². The van der Waals surface area contributed by atoms with E-state index in [1.165, 1.54) is 36.5 Å². The van der Waals surface area contributed by atoms with Crippen LogP contribution in [0.2, 0.25) is 0 Å². The Kier molecular flexibility index (Phi) is 6.88. The SMILES string of the molecule is CC(=O)NC(C)c1ccc(-c2csc(NC(=O)/C=C/c3ccc([N+](=O)[O-])cc3)n2)cc1. The fraction of sp³-hybridized carbons (Fsp3) is 0.136. The van der Waals surface area contributed by atoms with Crippen LogP contribution in [0, 0.1) is 10.1 Å². The number of amides is 2. The first-order chi connectivity index (χ1) is 14.8. The lowest BCUT2D eigenvalue weighted by atomic mass is 10.1. The minimum Gasteiger partial charge on any atom is -0.350 e. The molecule has 158 valence electrons. The summed E-state index contributed by atoms with van der Waals surface area (Å²) in [5, 5.41) is 18.5. The van der Waals surface area contributed by atoms with Gasteiger partial charge in [0, 0.05) is 36.1 Å². The average molecular weight is 436 g/mol. The highest BCUT2D eigenvalue weighted by Gasteiger charge is 2.10. The minimum atomic E-state index is -0.475. The lowest BCUT2D eigenvalue weighted by Gasteiger charge is -2.12. The normalized spacial score (nSPS) is 11.8. The predicted octanol–water partition coefficient (Wildman–Crippen LogP) is 4.57. The van der Waals surface area contributed by atoms with Gasteiger partial charge in [0.25, 0.3) is 5.69 Å². The maximum Gasteiger partial charge on any atom is 0.269 e. The second kappa shape index (κ2) is 9.77. The van der Waals surface area contributed by atoms with Gasteiger partial charge >= 0.3 is 0 Å². The lowest BCUT2D eigenvalue weighted by molar-refractivity contribution is -0.384. The number of hydrogen-bond acceptors (Lipinski definition) is 6. The molecular weight excluding hydrogens is 416 g/mol. The van der Waals surface area contributed by atoms with E-state index in [4.69, 9.17) is 0 Å². The van der Waals surface area contributed by atoms with Crippen molar-refractivity contribution in [1.82, 2.24) is 10.3 Å². The molecule has 1 heterocycles. The van der Waals surface area contributed by atoms with E-state index in [1.54, 1.807) is 18.2 Å². The molecule has 9 heteroatoms. The Morgan fingerprint density at radius 2 is 1.81 bits per heavy atom. The van der Waals surface area contributed by atoms with Crippen LogP contribution in [0.25, 0.3) is 17.3 Å². The van der Waals surface area contributed by atoms with Crippen LogP contribution in [-0.4, -0.2) is 21.7 Å². The number of thiazole rings is 1. The monoisotopic (exact) mass is 436 g/mol. The molecule has 0 aliphatic carbocycles. The van der Waals surface area contributed by atoms with Crippen LogP contribution in [-0.2, 0) is 9.59 Å². The molecule has 1 aromatic heterocycles. The van der Waals surface area contributed by atoms with Crippen molar-refractivity contribution >= 4 is 40.0 Å². The molecule has 2 amide bonds. The molecule has 2 aromatic carbocycles. The summed E-state index contributed by atoms with van der Waals surface area (Å²) >= 11 is 1.31. The molecule has 2 N–H and O–H groups in total. The summed E-state index contributed by atoms with van der Waals surface area (Å²) in [6, 6.07) is 13.5. The highest BCUT2D eigenvalue weighted by atomic mass is 32.1. The van der Waals surface area contributed by atoms with Crippen molar-refractivity contribution in [2.75, 3.05) is 5.32 Å². The summed E-state index contributed by atoms with van der Waals surface area (Å²) in [5.41, 5.74) is 3.29. The fourth-order valence-electron chi connectivity index (χ4n) is 2.82. The van der Waals surface area contributed by atoms with Crippen molar-refractivity contribution in [3.8, 4) is 11.3 Å². The molecular formula is C22H20N4O4S. The smallest absolute Gasteiger partial charge is 0.269 e. The second-order valence-corrected chi connectivity index (χ2v) is 7.61. The summed E-state index contributed by atoms with van der Waals surface area (Å²) in [6.45, 7) is 3.40. The van der Waals surface area contributed by atoms with Crippen LogP contribution < -0.4 is 10.6 Å². The average Bonchev–Trinajstić information content (AvgIpc) is 3.20. The topological polar surface area (TPSA) is 114 Å². The molecule has 0 saturated carbocycles. The Morgan fingerprint density at radius 1 is 1.13 bits per heavy atom. The Bertz CT molecular complexity index is 1120. The van der Waals surface area contributed by atoms with Crippen molar-refractivity contribution in [2.24, 2.45) is 0 Å². The van der Waals surface area contributed by atoms with Crippen molar-refractivity contribution in [3.05, 3.63) is 81.2 Å². The molecule has 0 saturated heterocycles. The third-order valence-corrected chi connectivity index (χ3v) is 5.15. The first kappa shape index (κ1) is 21.8. The molecule has 1 unspecified atom stereocenters. The molecule has 0 aliphatic rings. The van der Waals surface area contributed by atoms with Gasteiger partial charge in [0.2, 0.25) is 11.8 Å². The van der Waals surface area contributed by atoms with E-state index >= 15 is 0 Å². The van der Waals surface area contributed by atoms with Gasteiger partial charge in [-0.3, -0.25) is 25.0 Å². The van der Waals surface area contributed by atoms with Crippen molar-refractivity contribution in [2.45, 2.75) is 19.9 Å². The Morgan fingerprint density at radius 3 is 2.42 bits per heavy atom. The number of rotatable bonds is 7. The zero-order valence-corrected chi connectivity index (χ0v) is 17.7. The molecule has 0 fully saturated rings. The van der Waals surface area contributed by atoms with Crippen LogP contribution in [0.15, 0.2) is 60.0 Å². The summed E-state index contributed by atoms with van der Waals surface area (Å²) in [5.74, 6) is -0.433. The van der Waals surface area contributed by atoms with Crippen LogP contribution in [0.4, 0.5) is 10.8 Å². The highest BCUT2D eigenvalue weighted by molar-refractivity contribution is 7.14. The van der Waals surface area contributed by atoms with Gasteiger partial charge < -0.3 is 5.32 Å². The number of non-ortho nitro benzene ring substituents is 1. The zero-order valence-electron chi connectivity index (χ0n) is 16.9. The third kappa shape index (κ3) is 6.06. The molecule has 0 spiro atoms. The van der Waals surface area contributed by atoms with Gasteiger partial charge in [0.05, 0.1) is 16.7 Å². The molecule has 1 atom stereocenters. The summed E-state index contributed by atoms with van der Waals surface area (Å²) in [7, 11) is 0. The van der Waals surface area contributed by atoms with E-state index in [-0.39, 0.29) is 23.5 Å². The van der Waals surface area contributed by atoms with Gasteiger partial charge in [-0.15, -0.1) is 11.3 Å². The maximum atomic E-state index is 12.1. The van der Waals surface area contributed by atoms with Gasteiger partial charge in [0.1, 0.15) is 0 Å². The number of anilines is 1. The Labute approximate surface area is 182 Å². The van der Waals surface area contributed by atoms with Gasteiger partial charge in [-0.2, -0.15) is 0 Å². The van der Waals surface area contributed by atoms with Gasteiger partial charge in [0.15, 0.2) is 5.13 Å². The Balaban J connectivity index is 1.60. The standard InChI is InChI=1S/C22H20N4O4S/c1-14(23-15(2)27)17-6-8-18(9-7-17)20-13-31-22(24-20)25-21(28)12-5-16-3-10-19(11-4-16)26(29)30/h3-14H,1-2H3,(H,23,27)(H,24,25,28)/b12-5+. The van der Waals surface area contributed by atoms with E-state index < -0.39 is 4.92 Å². The highest BCUT2D eigenvalue weighted by Crippen LogP contribution is 2.26. The number of nitro groups is 1. The number of benzene rings is 2. The molecule has 0 aliphatic heterocycles. The van der Waals surface area contributed by atoms with Crippen molar-refractivity contribution in [1.29, 1.82) is 0 Å². The molecule has 3 aromatic rings. The third-order valence-electron chi connectivity index (χ3n) is 4.39. The number of hydrogen-bond donors (Lipinski definition) is 2. The number of nitrogens with one attached hydrogen (secondary N) is 2. The van der Waals surface area contributed by atoms with Gasteiger partial charge in [-0.1, -0.05) is 24.3 Å². The lowest BCUT2D eigenvalue weighted by Crippen LogP contribution is -2.23. The number of nitro benzene ring substituents is 1. The zero-order chi connectivity index (χ0) is 22.4. The number of aromatic nitrogens is 1. The van der Waals surface area contributed by atoms with Crippen LogP contribution in [0.1, 0.15) is 31.0 Å². The molecule has 0 bridgehead atoms. The summed E-state index contributed by atoms with van der Waals surface area (Å²) in [4.78, 5) is 38.0. The first-order valence-corrected chi connectivity index (χ1v) is 10.3. The maximum absolute atomic E-state index is 12.1. The number of carbonyl (C=O) groups excluding carboxylic acids is 2. The van der Waals surface area contributed by atoms with E-state index in [0.29, 0.717) is 10.7 Å². The van der Waals surface area contributed by atoms with E-state index in [9.17, 15) is 19.7 Å². The predicted molar refractivity (Wildman–Crippen MR) is 121 cm³/mol. The first-order valence-electron chi connectivity index (χ1n) is 9.38. The fourth-order valence-corrected chi connectivity index (χ4v) is 3.54. The number of nitrogens with zero attached hydrogens (tertiary/aromatic N) is 2. The van der Waals surface area contributed by atoms with Crippen LogP contribution >= 0.6 is 11.3 Å². The summed E-state index contributed by atoms with van der Waals surface area (Å²) in [6.07, 6.45) is 2.92. The molecule has 31 heavy (non-hydrogen) atoms. The summed E-state index contributed by atoms with van der Waals surface area (Å²) < 4.78 is 0. The van der Waals surface area contributed by atoms with Gasteiger partial charge in [-0.25, -0.2) is 4.98 Å². The Hall–Kier alpha value is -3.85. The van der Waals surface area contributed by atoms with Crippen LogP contribution in [0.5, 0.6) is 0 Å². The van der Waals surface area contributed by atoms with Gasteiger partial charge in [-0.05, 0) is 36.3 Å². The van der Waals surface area contributed by atoms with E-state index in [0.717, 1.165) is 16.8 Å². The van der Waals surface area contributed by atoms with E-state index in [1.807, 2.05) is 36.6 Å².